The third-order valence-corrected chi connectivity index (χ3v) is 25.3. The number of likely N-dealkylation sites (N-methyl/N-ethyl adjacent to an activating group) is 1. The minimum atomic E-state index is -1.47. The number of aliphatic hydroxyl groups excluding tert-OH is 14. The van der Waals surface area contributed by atoms with Gasteiger partial charge in [-0.05, 0) is 185 Å². The molecule has 15 aromatic rings. The van der Waals surface area contributed by atoms with Crippen LogP contribution in [0.15, 0.2) is 196 Å². The van der Waals surface area contributed by atoms with Crippen LogP contribution in [0.25, 0.3) is 55.2 Å². The number of pyridine rings is 4. The summed E-state index contributed by atoms with van der Waals surface area (Å²) in [5.41, 5.74) is 10.6. The number of nitrogens with one attached hydrogen (secondary N) is 1. The maximum absolute atomic E-state index is 13.7. The molecule has 20 rings (SSSR count). The SMILES string of the molecule is CCc1ncnc2c1ccn2C1OC(C(O)c2ccc(F)c(F)c2)C(O)C1O.CCc1ncnc2c1ccn2C1OC(C(O)c2ccc(F)c(F)c2)C(O)C1O.CNC(c1ccc(F)c(F)c1)C1OC(n2ccc3c(C)ncnc32)C(O)C1O.Cc1cc(C(O)C2OC(n3ccc4c(C)ccnc43)C(O)C2O)ccn1.Cc1ccc(C(O)C2OC(n3ccc4c(C)ccnc43)C(O)C2O)cn1. The number of halogens is 6. The lowest BCUT2D eigenvalue weighted by Gasteiger charge is -2.26. The van der Waals surface area contributed by atoms with Gasteiger partial charge in [-0.25, -0.2) is 66.2 Å². The van der Waals surface area contributed by atoms with Crippen LogP contribution in [-0.2, 0) is 36.5 Å². The van der Waals surface area contributed by atoms with E-state index in [2.05, 4.69) is 55.2 Å². The van der Waals surface area contributed by atoms with E-state index < -0.39 is 188 Å². The molecule has 12 aromatic heterocycles. The molecule has 5 fully saturated rings. The number of aliphatic hydroxyl groups is 14. The number of aromatic nitrogens is 15. The highest BCUT2D eigenvalue weighted by atomic mass is 19.2. The second-order valence-electron chi connectivity index (χ2n) is 33.8. The summed E-state index contributed by atoms with van der Waals surface area (Å²) in [5.74, 6) is -6.30. The van der Waals surface area contributed by atoms with E-state index in [1.807, 2.05) is 78.8 Å². The highest BCUT2D eigenvalue weighted by Crippen LogP contribution is 2.45. The van der Waals surface area contributed by atoms with Gasteiger partial charge in [-0.1, -0.05) is 38.1 Å². The largest absolute Gasteiger partial charge is 0.387 e. The molecular weight excluding hydrogens is 1780 g/mol. The Labute approximate surface area is 771 Å². The number of nitrogens with zero attached hydrogens (tertiary/aromatic N) is 15. The highest BCUT2D eigenvalue weighted by Gasteiger charge is 2.53. The van der Waals surface area contributed by atoms with Crippen LogP contribution >= 0.6 is 0 Å². The first-order valence-corrected chi connectivity index (χ1v) is 43.6. The summed E-state index contributed by atoms with van der Waals surface area (Å²) >= 11 is 0. The van der Waals surface area contributed by atoms with Gasteiger partial charge in [0.15, 0.2) is 66.0 Å². The van der Waals surface area contributed by atoms with Crippen LogP contribution in [0.4, 0.5) is 26.3 Å². The summed E-state index contributed by atoms with van der Waals surface area (Å²) in [6.45, 7) is 13.4. The van der Waals surface area contributed by atoms with Crippen LogP contribution in [0.3, 0.4) is 0 Å². The standard InChI is InChI=1S/C19H20F2N4O3.2C19H19F2N3O4.2C19H21N3O4/c1-9-11-5-6-25(18(11)24-8-23-9)19-16(27)15(26)17(28-19)14(22-2)10-3-4-12(20)13(21)7-10;2*1-2-13-10-5-6-24(18(10)23-8-22-13)19-16(27)15(26)17(28-19)14(25)9-3-4-11(20)12(21)7-9;1-10-3-6-21-18-13(10)5-8-22(18)19-16(25)15(24)17(26-19)14(23)12-4-7-20-11(2)9-12;1-10-5-7-20-18-13(10)6-8-22(18)19-16(25)15(24)17(26-19)14(23)12-4-3-11(2)21-9-12/h3-8,14-17,19,22,26-27H,1-2H3;2*3-8,14-17,19,25-27H,2H2,1H3;2*3-9,14-17,19,23-25H,1-2H3. The zero-order valence-corrected chi connectivity index (χ0v) is 74.1. The van der Waals surface area contributed by atoms with Crippen molar-refractivity contribution in [3.8, 4) is 0 Å². The van der Waals surface area contributed by atoms with Crippen LogP contribution in [0.5, 0.6) is 0 Å². The van der Waals surface area contributed by atoms with E-state index in [0.29, 0.717) is 57.8 Å². The van der Waals surface area contributed by atoms with Crippen molar-refractivity contribution in [2.45, 2.75) is 214 Å². The summed E-state index contributed by atoms with van der Waals surface area (Å²) in [5, 5.41) is 155. The van der Waals surface area contributed by atoms with Gasteiger partial charge in [0.05, 0.1) is 23.1 Å². The predicted octanol–water partition coefficient (Wildman–Crippen LogP) is 7.65. The third-order valence-electron chi connectivity index (χ3n) is 25.3. The van der Waals surface area contributed by atoms with E-state index in [-0.39, 0.29) is 11.1 Å². The number of fused-ring (bicyclic) bond motifs is 5. The molecular formula is C95H100F6N16O19. The average Bonchev–Trinajstić information content (AvgIpc) is 1.63. The van der Waals surface area contributed by atoms with E-state index in [1.165, 1.54) is 37.2 Å². The Balaban J connectivity index is 0.000000123. The van der Waals surface area contributed by atoms with E-state index >= 15 is 0 Å². The van der Waals surface area contributed by atoms with Crippen LogP contribution < -0.4 is 5.32 Å². The van der Waals surface area contributed by atoms with Gasteiger partial charge in [-0.15, -0.1) is 0 Å². The van der Waals surface area contributed by atoms with Crippen molar-refractivity contribution in [2.75, 3.05) is 7.05 Å². The van der Waals surface area contributed by atoms with E-state index in [9.17, 15) is 97.8 Å². The number of benzene rings is 3. The number of ether oxygens (including phenoxy) is 5. The Hall–Kier alpha value is -12.0. The quantitative estimate of drug-likeness (QED) is 0.0367. The first-order valence-electron chi connectivity index (χ1n) is 43.6. The second-order valence-corrected chi connectivity index (χ2v) is 33.8. The number of aryl methyl sites for hydroxylation is 7. The molecule has 25 atom stereocenters. The molecule has 0 bridgehead atoms. The predicted molar refractivity (Wildman–Crippen MR) is 473 cm³/mol. The Kier molecular flexibility index (Phi) is 29.1. The van der Waals surface area contributed by atoms with Gasteiger partial charge in [0.1, 0.15) is 163 Å². The molecule has 0 spiro atoms. The Bertz CT molecular complexity index is 6580. The molecule has 15 N–H and O–H groups in total. The fourth-order valence-electron chi connectivity index (χ4n) is 17.8. The normalized spacial score (nSPS) is 26.5. The van der Waals surface area contributed by atoms with Crippen molar-refractivity contribution in [1.82, 2.24) is 78.0 Å². The minimum Gasteiger partial charge on any atom is -0.387 e. The molecule has 0 radical (unpaired) electrons. The van der Waals surface area contributed by atoms with Crippen molar-refractivity contribution in [3.05, 3.63) is 298 Å². The van der Waals surface area contributed by atoms with Crippen LogP contribution in [0.2, 0.25) is 0 Å². The molecule has 5 aliphatic heterocycles. The molecule has 136 heavy (non-hydrogen) atoms. The minimum absolute atomic E-state index is 0.0313. The number of rotatable bonds is 18. The van der Waals surface area contributed by atoms with Crippen molar-refractivity contribution in [2.24, 2.45) is 0 Å². The maximum atomic E-state index is 13.7. The lowest BCUT2D eigenvalue weighted by molar-refractivity contribution is -0.0849. The highest BCUT2D eigenvalue weighted by molar-refractivity contribution is 5.82. The van der Waals surface area contributed by atoms with Gasteiger partial charge in [0.25, 0.3) is 0 Å². The topological polar surface area (TPSA) is 495 Å². The molecule has 17 heterocycles. The average molecular weight is 1880 g/mol. The van der Waals surface area contributed by atoms with Crippen LogP contribution in [0.1, 0.15) is 143 Å². The van der Waals surface area contributed by atoms with Gasteiger partial charge < -0.3 is 123 Å². The van der Waals surface area contributed by atoms with Crippen molar-refractivity contribution in [3.63, 3.8) is 0 Å². The van der Waals surface area contributed by atoms with Gasteiger partial charge in [-0.2, -0.15) is 0 Å². The fraction of sp³-hybridized carbons (Fsp3) is 0.368. The molecule has 716 valence electrons. The lowest BCUT2D eigenvalue weighted by Crippen LogP contribution is -2.39. The van der Waals surface area contributed by atoms with Crippen molar-refractivity contribution in [1.29, 1.82) is 0 Å². The molecule has 0 aliphatic carbocycles. The molecule has 5 aliphatic rings. The molecule has 0 amide bonds. The zero-order chi connectivity index (χ0) is 96.8. The third kappa shape index (κ3) is 18.8. The lowest BCUT2D eigenvalue weighted by atomic mass is 9.96. The van der Waals surface area contributed by atoms with Gasteiger partial charge in [0.2, 0.25) is 0 Å². The Morgan fingerprint density at radius 2 is 0.625 bits per heavy atom. The summed E-state index contributed by atoms with van der Waals surface area (Å²) in [4.78, 5) is 42.3. The second kappa shape index (κ2) is 40.7. The summed E-state index contributed by atoms with van der Waals surface area (Å²) in [6, 6.07) is 28.6. The Morgan fingerprint density at radius 1 is 0.309 bits per heavy atom. The molecule has 35 nitrogen and oxygen atoms in total. The van der Waals surface area contributed by atoms with E-state index in [0.717, 1.165) is 103 Å². The molecule has 0 saturated carbocycles. The van der Waals surface area contributed by atoms with Crippen molar-refractivity contribution >= 4 is 55.2 Å². The van der Waals surface area contributed by atoms with Gasteiger partial charge >= 0.3 is 0 Å². The van der Waals surface area contributed by atoms with Gasteiger partial charge in [-0.3, -0.25) is 9.97 Å². The molecule has 3 aromatic carbocycles. The Morgan fingerprint density at radius 3 is 0.993 bits per heavy atom. The van der Waals surface area contributed by atoms with Crippen molar-refractivity contribution < 1.29 is 122 Å². The molecule has 25 unspecified atom stereocenters. The number of hydrogen-bond acceptors (Lipinski definition) is 30. The summed E-state index contributed by atoms with van der Waals surface area (Å²) in [6.07, 6.45) is -7.26. The first kappa shape index (κ1) is 97.1. The van der Waals surface area contributed by atoms with Crippen LogP contribution in [-0.4, -0.2) is 243 Å². The monoisotopic (exact) mass is 1880 g/mol. The smallest absolute Gasteiger partial charge is 0.164 e. The summed E-state index contributed by atoms with van der Waals surface area (Å²) in [7, 11) is 1.61. The van der Waals surface area contributed by atoms with E-state index in [4.69, 9.17) is 23.7 Å². The zero-order valence-electron chi connectivity index (χ0n) is 74.1. The maximum Gasteiger partial charge on any atom is 0.164 e. The van der Waals surface area contributed by atoms with Gasteiger partial charge in [0, 0.05) is 99.7 Å². The van der Waals surface area contributed by atoms with E-state index in [1.54, 1.807) is 122 Å². The fourth-order valence-corrected chi connectivity index (χ4v) is 17.8. The number of hydrogen-bond donors (Lipinski definition) is 15. The molecule has 41 heteroatoms. The van der Waals surface area contributed by atoms with Crippen LogP contribution in [0, 0.1) is 69.5 Å². The molecule has 5 saturated heterocycles. The first-order chi connectivity index (χ1) is 65.2. The summed E-state index contributed by atoms with van der Waals surface area (Å²) < 4.78 is 118.